The minimum absolute atomic E-state index is 0.144. The SMILES string of the molecule is Cc1ccc2[nH]c(S(=O)(=O)Cc3cccn4c(-c5cccc(C(F)(F)F)c5)cnc34)nc2c1. The first-order valence-corrected chi connectivity index (χ1v) is 11.6. The number of aromatic nitrogens is 4. The molecule has 0 spiro atoms. The molecule has 6 nitrogen and oxygen atoms in total. The lowest BCUT2D eigenvalue weighted by Crippen LogP contribution is -2.08. The maximum atomic E-state index is 13.1. The molecule has 0 saturated carbocycles. The van der Waals surface area contributed by atoms with E-state index < -0.39 is 21.6 Å². The van der Waals surface area contributed by atoms with Gasteiger partial charge in [-0.15, -0.1) is 0 Å². The zero-order valence-corrected chi connectivity index (χ0v) is 18.1. The lowest BCUT2D eigenvalue weighted by atomic mass is 10.1. The number of halogens is 3. The largest absolute Gasteiger partial charge is 0.416 e. The van der Waals surface area contributed by atoms with Crippen molar-refractivity contribution >= 4 is 26.5 Å². The smallest absolute Gasteiger partial charge is 0.329 e. The van der Waals surface area contributed by atoms with E-state index in [4.69, 9.17) is 0 Å². The Kier molecular flexibility index (Phi) is 4.78. The fourth-order valence-electron chi connectivity index (χ4n) is 3.76. The Bertz CT molecular complexity index is 1620. The van der Waals surface area contributed by atoms with E-state index in [1.807, 2.05) is 13.0 Å². The van der Waals surface area contributed by atoms with Gasteiger partial charge in [0.25, 0.3) is 0 Å². The van der Waals surface area contributed by atoms with Crippen LogP contribution in [-0.2, 0) is 21.8 Å². The van der Waals surface area contributed by atoms with Crippen LogP contribution in [0.25, 0.3) is 27.9 Å². The van der Waals surface area contributed by atoms with E-state index in [-0.39, 0.29) is 10.9 Å². The first-order chi connectivity index (χ1) is 15.6. The van der Waals surface area contributed by atoms with Gasteiger partial charge in [0.2, 0.25) is 15.0 Å². The maximum Gasteiger partial charge on any atom is 0.416 e. The zero-order chi connectivity index (χ0) is 23.4. The number of H-pyrrole nitrogens is 1. The molecule has 0 aliphatic carbocycles. The molecule has 5 rings (SSSR count). The summed E-state index contributed by atoms with van der Waals surface area (Å²) in [5.74, 6) is -0.366. The van der Waals surface area contributed by atoms with E-state index >= 15 is 0 Å². The number of aryl methyl sites for hydroxylation is 1. The zero-order valence-electron chi connectivity index (χ0n) is 17.3. The molecule has 10 heteroatoms. The molecule has 3 heterocycles. The number of pyridine rings is 1. The van der Waals surface area contributed by atoms with Crippen LogP contribution in [0.5, 0.6) is 0 Å². The summed E-state index contributed by atoms with van der Waals surface area (Å²) in [4.78, 5) is 11.4. The fourth-order valence-corrected chi connectivity index (χ4v) is 5.04. The molecule has 0 fully saturated rings. The van der Waals surface area contributed by atoms with E-state index in [0.29, 0.717) is 33.5 Å². The van der Waals surface area contributed by atoms with E-state index in [9.17, 15) is 21.6 Å². The number of aromatic amines is 1. The summed E-state index contributed by atoms with van der Waals surface area (Å²) in [7, 11) is -3.83. The first-order valence-electron chi connectivity index (χ1n) is 9.93. The van der Waals surface area contributed by atoms with Crippen LogP contribution in [0, 0.1) is 6.92 Å². The summed E-state index contributed by atoms with van der Waals surface area (Å²) in [6.45, 7) is 1.89. The summed E-state index contributed by atoms with van der Waals surface area (Å²) in [5, 5.41) is -0.144. The highest BCUT2D eigenvalue weighted by Crippen LogP contribution is 2.33. The van der Waals surface area contributed by atoms with Gasteiger partial charge < -0.3 is 4.98 Å². The number of nitrogens with one attached hydrogen (secondary N) is 1. The molecular formula is C23H17F3N4O2S. The van der Waals surface area contributed by atoms with Crippen molar-refractivity contribution in [2.75, 3.05) is 0 Å². The van der Waals surface area contributed by atoms with Gasteiger partial charge in [0.15, 0.2) is 0 Å². The van der Waals surface area contributed by atoms with Crippen molar-refractivity contribution in [1.29, 1.82) is 0 Å². The van der Waals surface area contributed by atoms with Gasteiger partial charge >= 0.3 is 6.18 Å². The predicted molar refractivity (Wildman–Crippen MR) is 117 cm³/mol. The molecule has 2 aromatic carbocycles. The minimum Gasteiger partial charge on any atom is -0.329 e. The summed E-state index contributed by atoms with van der Waals surface area (Å²) in [6, 6.07) is 13.6. The number of alkyl halides is 3. The summed E-state index contributed by atoms with van der Waals surface area (Å²) in [5.41, 5.74) is 2.87. The van der Waals surface area contributed by atoms with Crippen molar-refractivity contribution in [2.24, 2.45) is 0 Å². The molecule has 0 aliphatic rings. The van der Waals surface area contributed by atoms with Crippen molar-refractivity contribution in [1.82, 2.24) is 19.4 Å². The summed E-state index contributed by atoms with van der Waals surface area (Å²) >= 11 is 0. The lowest BCUT2D eigenvalue weighted by molar-refractivity contribution is -0.137. The monoisotopic (exact) mass is 470 g/mol. The highest BCUT2D eigenvalue weighted by molar-refractivity contribution is 7.90. The fraction of sp³-hybridized carbons (Fsp3) is 0.130. The van der Waals surface area contributed by atoms with Gasteiger partial charge in [-0.2, -0.15) is 13.2 Å². The van der Waals surface area contributed by atoms with Crippen LogP contribution >= 0.6 is 0 Å². The van der Waals surface area contributed by atoms with Crippen LogP contribution in [0.15, 0.2) is 72.1 Å². The molecule has 0 saturated heterocycles. The lowest BCUT2D eigenvalue weighted by Gasteiger charge is -2.09. The topological polar surface area (TPSA) is 80.1 Å². The molecule has 0 aliphatic heterocycles. The third kappa shape index (κ3) is 3.86. The van der Waals surface area contributed by atoms with Crippen molar-refractivity contribution in [3.8, 4) is 11.3 Å². The van der Waals surface area contributed by atoms with Crippen LogP contribution in [0.4, 0.5) is 13.2 Å². The second-order valence-electron chi connectivity index (χ2n) is 7.77. The van der Waals surface area contributed by atoms with Crippen molar-refractivity contribution in [3.05, 3.63) is 83.7 Å². The molecule has 0 radical (unpaired) electrons. The normalized spacial score (nSPS) is 12.6. The Hall–Kier alpha value is -3.66. The van der Waals surface area contributed by atoms with Crippen LogP contribution in [0.1, 0.15) is 16.7 Å². The minimum atomic E-state index is -4.47. The second-order valence-corrected chi connectivity index (χ2v) is 9.68. The Balaban J connectivity index is 1.54. The number of hydrogen-bond acceptors (Lipinski definition) is 4. The molecule has 33 heavy (non-hydrogen) atoms. The number of nitrogens with zero attached hydrogens (tertiary/aromatic N) is 3. The van der Waals surface area contributed by atoms with Gasteiger partial charge in [-0.1, -0.05) is 24.3 Å². The van der Waals surface area contributed by atoms with Crippen LogP contribution < -0.4 is 0 Å². The molecule has 0 bridgehead atoms. The number of rotatable bonds is 4. The van der Waals surface area contributed by atoms with Crippen molar-refractivity contribution in [2.45, 2.75) is 24.0 Å². The molecule has 168 valence electrons. The molecule has 0 unspecified atom stereocenters. The van der Waals surface area contributed by atoms with E-state index in [2.05, 4.69) is 15.0 Å². The third-order valence-corrected chi connectivity index (χ3v) is 6.83. The number of imidazole rings is 2. The third-order valence-electron chi connectivity index (χ3n) is 5.36. The Morgan fingerprint density at radius 1 is 1.06 bits per heavy atom. The molecule has 1 N–H and O–H groups in total. The van der Waals surface area contributed by atoms with Gasteiger partial charge in [0.1, 0.15) is 5.65 Å². The maximum absolute atomic E-state index is 13.1. The summed E-state index contributed by atoms with van der Waals surface area (Å²) in [6.07, 6.45) is -1.40. The Labute approximate surface area is 186 Å². The molecule has 5 aromatic rings. The van der Waals surface area contributed by atoms with Crippen LogP contribution in [0.3, 0.4) is 0 Å². The number of hydrogen-bond donors (Lipinski definition) is 1. The standard InChI is InChI=1S/C23H17F3N4O2S/c1-14-7-8-18-19(10-14)29-22(28-18)33(31,32)13-16-5-3-9-30-20(12-27-21(16)30)15-4-2-6-17(11-15)23(24,25)26/h2-12H,13H2,1H3,(H,28,29). The van der Waals surface area contributed by atoms with Gasteiger partial charge in [0, 0.05) is 17.3 Å². The first kappa shape index (κ1) is 21.2. The second kappa shape index (κ2) is 7.45. The average molecular weight is 470 g/mol. The average Bonchev–Trinajstić information content (AvgIpc) is 3.38. The van der Waals surface area contributed by atoms with Gasteiger partial charge in [0.05, 0.1) is 34.2 Å². The summed E-state index contributed by atoms with van der Waals surface area (Å²) < 4.78 is 67.1. The van der Waals surface area contributed by atoms with E-state index in [1.54, 1.807) is 40.9 Å². The highest BCUT2D eigenvalue weighted by Gasteiger charge is 2.30. The van der Waals surface area contributed by atoms with Gasteiger partial charge in [-0.05, 0) is 42.8 Å². The highest BCUT2D eigenvalue weighted by atomic mass is 32.2. The van der Waals surface area contributed by atoms with Crippen molar-refractivity contribution in [3.63, 3.8) is 0 Å². The van der Waals surface area contributed by atoms with Gasteiger partial charge in [-0.3, -0.25) is 4.40 Å². The van der Waals surface area contributed by atoms with E-state index in [0.717, 1.165) is 17.7 Å². The number of benzene rings is 2. The quantitative estimate of drug-likeness (QED) is 0.393. The molecule has 0 amide bonds. The number of fused-ring (bicyclic) bond motifs is 2. The number of sulfone groups is 1. The molecule has 3 aromatic heterocycles. The van der Waals surface area contributed by atoms with Gasteiger partial charge in [-0.25, -0.2) is 18.4 Å². The van der Waals surface area contributed by atoms with Crippen LogP contribution in [0.2, 0.25) is 0 Å². The van der Waals surface area contributed by atoms with Crippen molar-refractivity contribution < 1.29 is 21.6 Å². The van der Waals surface area contributed by atoms with Crippen LogP contribution in [-0.4, -0.2) is 27.8 Å². The Morgan fingerprint density at radius 3 is 2.67 bits per heavy atom. The molecule has 0 atom stereocenters. The van der Waals surface area contributed by atoms with E-state index in [1.165, 1.54) is 12.3 Å². The predicted octanol–water partition coefficient (Wildman–Crippen LogP) is 5.18. The Morgan fingerprint density at radius 2 is 1.88 bits per heavy atom. The molecular weight excluding hydrogens is 453 g/mol.